The molecule has 0 saturated carbocycles. The van der Waals surface area contributed by atoms with Crippen molar-refractivity contribution in [3.8, 4) is 10.6 Å². The van der Waals surface area contributed by atoms with Crippen molar-refractivity contribution in [1.29, 1.82) is 0 Å². The molecule has 0 atom stereocenters. The van der Waals surface area contributed by atoms with Gasteiger partial charge in [-0.1, -0.05) is 0 Å². The predicted molar refractivity (Wildman–Crippen MR) is 75.9 cm³/mol. The van der Waals surface area contributed by atoms with E-state index >= 15 is 0 Å². The number of thiazole rings is 1. The Morgan fingerprint density at radius 1 is 1.53 bits per heavy atom. The number of esters is 1. The van der Waals surface area contributed by atoms with Crippen molar-refractivity contribution in [3.05, 3.63) is 39.1 Å². The smallest absolute Gasteiger partial charge is 0.358 e. The number of halogens is 2. The Morgan fingerprint density at radius 2 is 2.26 bits per heavy atom. The number of carbonyl (C=O) groups is 1. The molecule has 2 aromatic rings. The fourth-order valence-corrected chi connectivity index (χ4v) is 2.81. The second kappa shape index (κ2) is 5.79. The second-order valence-electron chi connectivity index (χ2n) is 3.77. The molecule has 0 amide bonds. The quantitative estimate of drug-likeness (QED) is 0.784. The number of hydrogen-bond donors (Lipinski definition) is 0. The first-order valence-corrected chi connectivity index (χ1v) is 7.23. The molecule has 100 valence electrons. The van der Waals surface area contributed by atoms with Crippen LogP contribution in [-0.2, 0) is 4.74 Å². The van der Waals surface area contributed by atoms with Crippen molar-refractivity contribution in [3.63, 3.8) is 0 Å². The Labute approximate surface area is 122 Å². The lowest BCUT2D eigenvalue weighted by Crippen LogP contribution is -2.06. The monoisotopic (exact) mass is 343 g/mol. The van der Waals surface area contributed by atoms with E-state index in [1.807, 2.05) is 6.92 Å². The Kier molecular flexibility index (Phi) is 4.31. The number of hydrogen-bond acceptors (Lipinski definition) is 4. The zero-order valence-electron chi connectivity index (χ0n) is 10.4. The van der Waals surface area contributed by atoms with E-state index in [0.717, 1.165) is 10.4 Å². The summed E-state index contributed by atoms with van der Waals surface area (Å²) < 4.78 is 18.5. The predicted octanol–water partition coefficient (Wildman–Crippen LogP) is 4.20. The summed E-state index contributed by atoms with van der Waals surface area (Å²) in [5.41, 5.74) is 1.08. The highest BCUT2D eigenvalue weighted by atomic mass is 79.9. The van der Waals surface area contributed by atoms with Crippen LogP contribution in [0.4, 0.5) is 4.39 Å². The van der Waals surface area contributed by atoms with Gasteiger partial charge >= 0.3 is 5.97 Å². The zero-order chi connectivity index (χ0) is 14.0. The van der Waals surface area contributed by atoms with Gasteiger partial charge in [0.1, 0.15) is 10.8 Å². The molecule has 0 aliphatic carbocycles. The molecule has 0 N–H and O–H groups in total. The number of nitrogens with zero attached hydrogens (tertiary/aromatic N) is 1. The molecule has 0 radical (unpaired) electrons. The van der Waals surface area contributed by atoms with Gasteiger partial charge in [0.05, 0.1) is 11.1 Å². The summed E-state index contributed by atoms with van der Waals surface area (Å²) in [6.07, 6.45) is 0. The van der Waals surface area contributed by atoms with Gasteiger partial charge in [0, 0.05) is 10.4 Å². The molecule has 19 heavy (non-hydrogen) atoms. The van der Waals surface area contributed by atoms with Crippen molar-refractivity contribution in [2.24, 2.45) is 0 Å². The first-order valence-electron chi connectivity index (χ1n) is 5.63. The van der Waals surface area contributed by atoms with E-state index in [-0.39, 0.29) is 5.82 Å². The lowest BCUT2D eigenvalue weighted by atomic mass is 10.2. The van der Waals surface area contributed by atoms with E-state index in [1.165, 1.54) is 17.4 Å². The molecule has 0 fully saturated rings. The molecular weight excluding hydrogens is 333 g/mol. The summed E-state index contributed by atoms with van der Waals surface area (Å²) in [7, 11) is 0. The van der Waals surface area contributed by atoms with Crippen LogP contribution in [0.25, 0.3) is 10.6 Å². The molecule has 0 aliphatic heterocycles. The van der Waals surface area contributed by atoms with Crippen molar-refractivity contribution in [2.45, 2.75) is 13.8 Å². The highest BCUT2D eigenvalue weighted by Crippen LogP contribution is 2.30. The molecule has 6 heteroatoms. The van der Waals surface area contributed by atoms with E-state index < -0.39 is 5.97 Å². The third-order valence-electron chi connectivity index (χ3n) is 2.43. The topological polar surface area (TPSA) is 39.2 Å². The summed E-state index contributed by atoms with van der Waals surface area (Å²) in [6.45, 7) is 3.87. The molecule has 0 spiro atoms. The Hall–Kier alpha value is -1.27. The minimum atomic E-state index is -0.427. The van der Waals surface area contributed by atoms with Crippen LogP contribution in [0.15, 0.2) is 22.7 Å². The van der Waals surface area contributed by atoms with Crippen LogP contribution in [0.5, 0.6) is 0 Å². The average Bonchev–Trinajstić information content (AvgIpc) is 2.75. The largest absolute Gasteiger partial charge is 0.461 e. The van der Waals surface area contributed by atoms with Gasteiger partial charge in [-0.25, -0.2) is 14.2 Å². The molecule has 1 aromatic heterocycles. The molecule has 2 rings (SSSR count). The Bertz CT molecular complexity index is 627. The normalized spacial score (nSPS) is 10.5. The molecule has 1 aromatic carbocycles. The maximum atomic E-state index is 13.2. The SMILES string of the molecule is CCOC(=O)c1nc(-c2ccc(F)c(Br)c2)sc1C. The van der Waals surface area contributed by atoms with E-state index in [9.17, 15) is 9.18 Å². The van der Waals surface area contributed by atoms with E-state index in [2.05, 4.69) is 20.9 Å². The highest BCUT2D eigenvalue weighted by Gasteiger charge is 2.17. The summed E-state index contributed by atoms with van der Waals surface area (Å²) in [4.78, 5) is 16.7. The zero-order valence-corrected chi connectivity index (χ0v) is 12.8. The van der Waals surface area contributed by atoms with E-state index in [4.69, 9.17) is 4.74 Å². The van der Waals surface area contributed by atoms with E-state index in [1.54, 1.807) is 19.1 Å². The number of aryl methyl sites for hydroxylation is 1. The number of carbonyl (C=O) groups excluding carboxylic acids is 1. The van der Waals surface area contributed by atoms with Crippen LogP contribution in [0, 0.1) is 12.7 Å². The van der Waals surface area contributed by atoms with Gasteiger partial charge in [-0.3, -0.25) is 0 Å². The minimum Gasteiger partial charge on any atom is -0.461 e. The van der Waals surface area contributed by atoms with Crippen molar-refractivity contribution >= 4 is 33.2 Å². The first kappa shape index (κ1) is 14.1. The number of rotatable bonds is 3. The summed E-state index contributed by atoms with van der Waals surface area (Å²) >= 11 is 4.51. The average molecular weight is 344 g/mol. The molecular formula is C13H11BrFNO2S. The van der Waals surface area contributed by atoms with Gasteiger partial charge in [-0.2, -0.15) is 0 Å². The minimum absolute atomic E-state index is 0.313. The standard InChI is InChI=1S/C13H11BrFNO2S/c1-3-18-13(17)11-7(2)19-12(16-11)8-4-5-10(15)9(14)6-8/h4-6H,3H2,1-2H3. The van der Waals surface area contributed by atoms with Crippen LogP contribution in [0.3, 0.4) is 0 Å². The summed E-state index contributed by atoms with van der Waals surface area (Å²) in [5, 5.41) is 0.668. The number of aromatic nitrogens is 1. The van der Waals surface area contributed by atoms with Gasteiger partial charge in [-0.05, 0) is 48.0 Å². The first-order chi connectivity index (χ1) is 9.02. The van der Waals surface area contributed by atoms with Crippen molar-refractivity contribution < 1.29 is 13.9 Å². The number of benzene rings is 1. The van der Waals surface area contributed by atoms with Gasteiger partial charge in [0.2, 0.25) is 0 Å². The van der Waals surface area contributed by atoms with E-state index in [0.29, 0.717) is 21.8 Å². The summed E-state index contributed by atoms with van der Waals surface area (Å²) in [5.74, 6) is -0.758. The molecule has 0 bridgehead atoms. The lowest BCUT2D eigenvalue weighted by molar-refractivity contribution is 0.0519. The van der Waals surface area contributed by atoms with Gasteiger partial charge in [0.15, 0.2) is 5.69 Å². The molecule has 0 aliphatic rings. The highest BCUT2D eigenvalue weighted by molar-refractivity contribution is 9.10. The van der Waals surface area contributed by atoms with Crippen LogP contribution in [-0.4, -0.2) is 17.6 Å². The lowest BCUT2D eigenvalue weighted by Gasteiger charge is -1.99. The Morgan fingerprint density at radius 3 is 2.89 bits per heavy atom. The fourth-order valence-electron chi connectivity index (χ4n) is 1.54. The second-order valence-corrected chi connectivity index (χ2v) is 5.83. The molecule has 0 unspecified atom stereocenters. The van der Waals surface area contributed by atoms with Crippen LogP contribution >= 0.6 is 27.3 Å². The third-order valence-corrected chi connectivity index (χ3v) is 4.06. The van der Waals surface area contributed by atoms with Gasteiger partial charge < -0.3 is 4.74 Å². The van der Waals surface area contributed by atoms with Crippen molar-refractivity contribution in [1.82, 2.24) is 4.98 Å². The maximum Gasteiger partial charge on any atom is 0.358 e. The molecule has 0 saturated heterocycles. The molecule has 3 nitrogen and oxygen atoms in total. The third kappa shape index (κ3) is 3.01. The van der Waals surface area contributed by atoms with Crippen LogP contribution in [0.1, 0.15) is 22.3 Å². The molecule has 1 heterocycles. The fraction of sp³-hybridized carbons (Fsp3) is 0.231. The van der Waals surface area contributed by atoms with Crippen LogP contribution in [0.2, 0.25) is 0 Å². The van der Waals surface area contributed by atoms with Crippen LogP contribution < -0.4 is 0 Å². The van der Waals surface area contributed by atoms with Gasteiger partial charge in [-0.15, -0.1) is 11.3 Å². The Balaban J connectivity index is 2.38. The van der Waals surface area contributed by atoms with Crippen molar-refractivity contribution in [2.75, 3.05) is 6.61 Å². The maximum absolute atomic E-state index is 13.2. The number of ether oxygens (including phenoxy) is 1. The van der Waals surface area contributed by atoms with Gasteiger partial charge in [0.25, 0.3) is 0 Å². The summed E-state index contributed by atoms with van der Waals surface area (Å²) in [6, 6.07) is 4.63.